The SMILES string of the molecule is CCCCCCCC(CC)C(C)(NC(=O)C(CC1CCCCC1)NC(=O)c1cc2cc(Cl)ccc2[nH]1)C(=O)OC. The van der Waals surface area contributed by atoms with Crippen LogP contribution >= 0.6 is 11.6 Å². The summed E-state index contributed by atoms with van der Waals surface area (Å²) in [5.41, 5.74) is -0.0163. The van der Waals surface area contributed by atoms with Gasteiger partial charge in [0.1, 0.15) is 17.3 Å². The second-order valence-electron chi connectivity index (χ2n) is 11.7. The fourth-order valence-electron chi connectivity index (χ4n) is 6.22. The maximum atomic E-state index is 13.9. The van der Waals surface area contributed by atoms with Gasteiger partial charge in [0.2, 0.25) is 5.91 Å². The van der Waals surface area contributed by atoms with Crippen LogP contribution in [0.1, 0.15) is 115 Å². The quantitative estimate of drug-likeness (QED) is 0.153. The summed E-state index contributed by atoms with van der Waals surface area (Å²) in [6, 6.07) is 6.37. The minimum absolute atomic E-state index is 0.0741. The van der Waals surface area contributed by atoms with Gasteiger partial charge in [0, 0.05) is 15.9 Å². The first-order valence-electron chi connectivity index (χ1n) is 15.2. The van der Waals surface area contributed by atoms with E-state index in [1.165, 1.54) is 32.8 Å². The number of benzene rings is 1. The van der Waals surface area contributed by atoms with Crippen LogP contribution < -0.4 is 10.6 Å². The number of hydrogen-bond donors (Lipinski definition) is 3. The summed E-state index contributed by atoms with van der Waals surface area (Å²) < 4.78 is 5.21. The first kappa shape index (κ1) is 32.0. The van der Waals surface area contributed by atoms with Gasteiger partial charge in [-0.15, -0.1) is 0 Å². The topological polar surface area (TPSA) is 100 Å². The van der Waals surface area contributed by atoms with E-state index in [1.54, 1.807) is 25.1 Å². The Hall–Kier alpha value is -2.54. The summed E-state index contributed by atoms with van der Waals surface area (Å²) in [5, 5.41) is 7.48. The zero-order chi connectivity index (χ0) is 29.1. The Labute approximate surface area is 244 Å². The third-order valence-corrected chi connectivity index (χ3v) is 8.94. The van der Waals surface area contributed by atoms with Gasteiger partial charge in [-0.05, 0) is 55.9 Å². The van der Waals surface area contributed by atoms with Gasteiger partial charge in [-0.2, -0.15) is 0 Å². The number of ether oxygens (including phenoxy) is 1. The molecule has 8 heteroatoms. The minimum Gasteiger partial charge on any atom is -0.467 e. The summed E-state index contributed by atoms with van der Waals surface area (Å²) in [6.07, 6.45) is 13.3. The molecule has 222 valence electrons. The molecule has 1 heterocycles. The number of amides is 2. The van der Waals surface area contributed by atoms with E-state index in [1.807, 2.05) is 13.0 Å². The van der Waals surface area contributed by atoms with E-state index < -0.39 is 17.6 Å². The number of aromatic amines is 1. The molecule has 1 saturated carbocycles. The van der Waals surface area contributed by atoms with Crippen molar-refractivity contribution in [3.8, 4) is 0 Å². The van der Waals surface area contributed by atoms with E-state index >= 15 is 0 Å². The highest BCUT2D eigenvalue weighted by Crippen LogP contribution is 2.31. The number of aromatic nitrogens is 1. The molecule has 1 aliphatic carbocycles. The number of hydrogen-bond acceptors (Lipinski definition) is 4. The predicted molar refractivity (Wildman–Crippen MR) is 161 cm³/mol. The Morgan fingerprint density at radius 2 is 1.80 bits per heavy atom. The zero-order valence-corrected chi connectivity index (χ0v) is 25.5. The lowest BCUT2D eigenvalue weighted by Crippen LogP contribution is -2.61. The molecule has 1 aromatic carbocycles. The average Bonchev–Trinajstić information content (AvgIpc) is 3.38. The Kier molecular flexibility index (Phi) is 12.4. The molecule has 7 nitrogen and oxygen atoms in total. The Morgan fingerprint density at radius 1 is 1.07 bits per heavy atom. The molecule has 1 fully saturated rings. The number of carbonyl (C=O) groups excluding carboxylic acids is 3. The summed E-state index contributed by atoms with van der Waals surface area (Å²) in [5.74, 6) is -0.871. The van der Waals surface area contributed by atoms with E-state index in [-0.39, 0.29) is 17.7 Å². The molecule has 2 aromatic rings. The number of carbonyl (C=O) groups is 3. The molecule has 3 rings (SSSR count). The van der Waals surface area contributed by atoms with Crippen LogP contribution in [0, 0.1) is 11.8 Å². The van der Waals surface area contributed by atoms with Gasteiger partial charge >= 0.3 is 5.97 Å². The highest BCUT2D eigenvalue weighted by molar-refractivity contribution is 6.31. The minimum atomic E-state index is -1.18. The largest absolute Gasteiger partial charge is 0.467 e. The van der Waals surface area contributed by atoms with Crippen LogP contribution in [-0.4, -0.2) is 41.5 Å². The Bertz CT molecular complexity index is 1130. The van der Waals surface area contributed by atoms with Crippen molar-refractivity contribution in [3.63, 3.8) is 0 Å². The molecular formula is C32H48ClN3O4. The number of fused-ring (bicyclic) bond motifs is 1. The maximum Gasteiger partial charge on any atom is 0.331 e. The number of nitrogens with one attached hydrogen (secondary N) is 3. The van der Waals surface area contributed by atoms with Crippen LogP contribution in [0.25, 0.3) is 10.9 Å². The molecule has 1 aromatic heterocycles. The Morgan fingerprint density at radius 3 is 2.48 bits per heavy atom. The molecule has 40 heavy (non-hydrogen) atoms. The molecule has 0 spiro atoms. The van der Waals surface area contributed by atoms with Crippen molar-refractivity contribution in [2.45, 2.75) is 116 Å². The van der Waals surface area contributed by atoms with Crippen molar-refractivity contribution in [2.24, 2.45) is 11.8 Å². The van der Waals surface area contributed by atoms with Gasteiger partial charge in [-0.3, -0.25) is 9.59 Å². The fourth-order valence-corrected chi connectivity index (χ4v) is 6.40. The second-order valence-corrected chi connectivity index (χ2v) is 12.1. The van der Waals surface area contributed by atoms with Crippen molar-refractivity contribution in [1.29, 1.82) is 0 Å². The fraction of sp³-hybridized carbons (Fsp3) is 0.656. The normalized spacial score (nSPS) is 17.1. The van der Waals surface area contributed by atoms with Crippen molar-refractivity contribution in [2.75, 3.05) is 7.11 Å². The second kappa shape index (κ2) is 15.5. The number of esters is 1. The van der Waals surface area contributed by atoms with Crippen LogP contribution in [0.5, 0.6) is 0 Å². The molecule has 0 aliphatic heterocycles. The van der Waals surface area contributed by atoms with E-state index in [4.69, 9.17) is 16.3 Å². The lowest BCUT2D eigenvalue weighted by molar-refractivity contribution is -0.153. The number of methoxy groups -OCH3 is 1. The third kappa shape index (κ3) is 8.48. The monoisotopic (exact) mass is 573 g/mol. The highest BCUT2D eigenvalue weighted by atomic mass is 35.5. The van der Waals surface area contributed by atoms with Gasteiger partial charge in [0.05, 0.1) is 7.11 Å². The lowest BCUT2D eigenvalue weighted by Gasteiger charge is -2.37. The van der Waals surface area contributed by atoms with E-state index in [9.17, 15) is 14.4 Å². The van der Waals surface area contributed by atoms with Crippen molar-refractivity contribution in [1.82, 2.24) is 15.6 Å². The average molecular weight is 574 g/mol. The van der Waals surface area contributed by atoms with Crippen LogP contribution in [0.15, 0.2) is 24.3 Å². The molecule has 0 radical (unpaired) electrons. The zero-order valence-electron chi connectivity index (χ0n) is 24.7. The molecule has 3 N–H and O–H groups in total. The summed E-state index contributed by atoms with van der Waals surface area (Å²) in [6.45, 7) is 6.01. The maximum absolute atomic E-state index is 13.9. The summed E-state index contributed by atoms with van der Waals surface area (Å²) in [4.78, 5) is 43.6. The molecular weight excluding hydrogens is 526 g/mol. The number of H-pyrrole nitrogens is 1. The van der Waals surface area contributed by atoms with Crippen LogP contribution in [0.2, 0.25) is 5.02 Å². The molecule has 2 amide bonds. The predicted octanol–water partition coefficient (Wildman–Crippen LogP) is 7.32. The van der Waals surface area contributed by atoms with Crippen LogP contribution in [0.3, 0.4) is 0 Å². The van der Waals surface area contributed by atoms with Crippen molar-refractivity contribution >= 4 is 40.3 Å². The van der Waals surface area contributed by atoms with E-state index in [2.05, 4.69) is 22.5 Å². The highest BCUT2D eigenvalue weighted by Gasteiger charge is 2.44. The molecule has 0 saturated heterocycles. The van der Waals surface area contributed by atoms with Crippen LogP contribution in [-0.2, 0) is 14.3 Å². The van der Waals surface area contributed by atoms with E-state index in [0.717, 1.165) is 62.3 Å². The van der Waals surface area contributed by atoms with Gasteiger partial charge in [-0.1, -0.05) is 96.1 Å². The van der Waals surface area contributed by atoms with Gasteiger partial charge in [0.25, 0.3) is 5.91 Å². The first-order chi connectivity index (χ1) is 19.2. The van der Waals surface area contributed by atoms with Crippen LogP contribution in [0.4, 0.5) is 0 Å². The third-order valence-electron chi connectivity index (χ3n) is 8.70. The molecule has 0 bridgehead atoms. The number of unbranched alkanes of at least 4 members (excludes halogenated alkanes) is 4. The van der Waals surface area contributed by atoms with Gasteiger partial charge in [0.15, 0.2) is 0 Å². The standard InChI is InChI=1S/C32H48ClN3O4/c1-5-7-8-9-13-16-24(6-2)32(3,31(39)40-4)36-30(38)27(19-22-14-11-10-12-15-22)35-29(37)28-21-23-20-25(33)17-18-26(23)34-28/h17-18,20-22,24,27,34H,5-16,19H2,1-4H3,(H,35,37)(H,36,38). The number of halogens is 1. The van der Waals surface area contributed by atoms with Crippen molar-refractivity contribution in [3.05, 3.63) is 35.0 Å². The molecule has 1 aliphatic rings. The smallest absolute Gasteiger partial charge is 0.331 e. The van der Waals surface area contributed by atoms with Gasteiger partial charge in [-0.25, -0.2) is 4.79 Å². The van der Waals surface area contributed by atoms with Crippen molar-refractivity contribution < 1.29 is 19.1 Å². The van der Waals surface area contributed by atoms with E-state index in [0.29, 0.717) is 23.1 Å². The lowest BCUT2D eigenvalue weighted by atomic mass is 9.79. The van der Waals surface area contributed by atoms with Gasteiger partial charge < -0.3 is 20.4 Å². The summed E-state index contributed by atoms with van der Waals surface area (Å²) in [7, 11) is 1.37. The molecule has 3 atom stereocenters. The molecule has 3 unspecified atom stereocenters. The first-order valence-corrected chi connectivity index (χ1v) is 15.6. The number of rotatable bonds is 15. The summed E-state index contributed by atoms with van der Waals surface area (Å²) >= 11 is 6.13. The Balaban J connectivity index is 1.80.